The average molecular weight is 464 g/mol. The molecule has 0 unspecified atom stereocenters. The molecule has 0 spiro atoms. The highest BCUT2D eigenvalue weighted by Gasteiger charge is 2.58. The minimum Gasteiger partial charge on any atom is -0.472 e. The van der Waals surface area contributed by atoms with Crippen LogP contribution in [0.15, 0.2) is 72.8 Å². The number of fused-ring (bicyclic) bond motifs is 3. The van der Waals surface area contributed by atoms with E-state index in [4.69, 9.17) is 15.5 Å². The van der Waals surface area contributed by atoms with Crippen LogP contribution < -0.4 is 10.5 Å². The maximum absolute atomic E-state index is 10.8. The van der Waals surface area contributed by atoms with Gasteiger partial charge in [0.05, 0.1) is 22.6 Å². The van der Waals surface area contributed by atoms with Crippen LogP contribution in [-0.4, -0.2) is 20.3 Å². The minimum absolute atomic E-state index is 0.425. The van der Waals surface area contributed by atoms with E-state index in [1.165, 1.54) is 0 Å². The van der Waals surface area contributed by atoms with Gasteiger partial charge in [-0.3, -0.25) is 4.57 Å². The van der Waals surface area contributed by atoms with Crippen LogP contribution >= 0.6 is 0 Å². The fourth-order valence-corrected chi connectivity index (χ4v) is 6.14. The van der Waals surface area contributed by atoms with E-state index < -0.39 is 11.1 Å². The molecular formula is C30H29N3O2. The number of hydrogen-bond acceptors (Lipinski definition) is 4. The molecule has 35 heavy (non-hydrogen) atoms. The molecule has 0 saturated heterocycles. The fourth-order valence-electron chi connectivity index (χ4n) is 6.14. The zero-order valence-electron chi connectivity index (χ0n) is 19.9. The molecule has 2 saturated carbocycles. The Bertz CT molecular complexity index is 1430. The predicted octanol–water partition coefficient (Wildman–Crippen LogP) is 5.63. The Labute approximate surface area is 205 Å². The number of aryl methyl sites for hydroxylation is 1. The van der Waals surface area contributed by atoms with E-state index in [1.54, 1.807) is 0 Å². The van der Waals surface area contributed by atoms with E-state index >= 15 is 0 Å². The molecule has 7 rings (SSSR count). The molecule has 2 heterocycles. The summed E-state index contributed by atoms with van der Waals surface area (Å²) in [4.78, 5) is 5.17. The van der Waals surface area contributed by atoms with Crippen molar-refractivity contribution in [1.29, 1.82) is 0 Å². The van der Waals surface area contributed by atoms with Crippen molar-refractivity contribution in [2.45, 2.75) is 50.5 Å². The maximum Gasteiger partial charge on any atom is 0.167 e. The van der Waals surface area contributed by atoms with Gasteiger partial charge in [-0.05, 0) is 55.7 Å². The first kappa shape index (κ1) is 20.9. The zero-order valence-corrected chi connectivity index (χ0v) is 19.9. The van der Waals surface area contributed by atoms with Gasteiger partial charge >= 0.3 is 0 Å². The van der Waals surface area contributed by atoms with Crippen molar-refractivity contribution in [2.24, 2.45) is 11.7 Å². The van der Waals surface area contributed by atoms with Crippen LogP contribution in [0.4, 0.5) is 0 Å². The third kappa shape index (κ3) is 3.19. The molecule has 0 radical (unpaired) electrons. The van der Waals surface area contributed by atoms with Crippen molar-refractivity contribution in [3.8, 4) is 39.7 Å². The summed E-state index contributed by atoms with van der Waals surface area (Å²) >= 11 is 0. The van der Waals surface area contributed by atoms with Crippen molar-refractivity contribution in [3.05, 3.63) is 83.9 Å². The molecule has 176 valence electrons. The topological polar surface area (TPSA) is 73.3 Å². The standard InChI is InChI=1S/C30H29N3O2/c1-19-6-5-9-24-27(19)35-18-33-26(21-7-3-2-4-8-21)25(32-28(24)33)20-10-12-22(13-11-20)29(31)16-30(34,17-29)23-14-15-23/h2-13,23,34H,14-18,31H2,1H3/t29-,30-. The number of imidazole rings is 1. The van der Waals surface area contributed by atoms with Gasteiger partial charge < -0.3 is 15.6 Å². The molecule has 3 aliphatic rings. The Kier molecular flexibility index (Phi) is 4.36. The van der Waals surface area contributed by atoms with Gasteiger partial charge in [0, 0.05) is 16.7 Å². The summed E-state index contributed by atoms with van der Waals surface area (Å²) in [7, 11) is 0. The van der Waals surface area contributed by atoms with E-state index in [9.17, 15) is 5.11 Å². The van der Waals surface area contributed by atoms with Crippen LogP contribution in [0.25, 0.3) is 33.9 Å². The number of hydrogen-bond donors (Lipinski definition) is 2. The van der Waals surface area contributed by atoms with Crippen LogP contribution in [0, 0.1) is 12.8 Å². The monoisotopic (exact) mass is 463 g/mol. The lowest BCUT2D eigenvalue weighted by molar-refractivity contribution is -0.106. The quantitative estimate of drug-likeness (QED) is 0.411. The summed E-state index contributed by atoms with van der Waals surface area (Å²) in [6, 6.07) is 25.1. The molecule has 4 aromatic rings. The van der Waals surface area contributed by atoms with E-state index in [-0.39, 0.29) is 0 Å². The van der Waals surface area contributed by atoms with Crippen LogP contribution in [-0.2, 0) is 12.3 Å². The second kappa shape index (κ2) is 7.30. The minimum atomic E-state index is -0.567. The Balaban J connectivity index is 1.31. The highest BCUT2D eigenvalue weighted by atomic mass is 16.5. The van der Waals surface area contributed by atoms with E-state index in [0.717, 1.165) is 63.6 Å². The van der Waals surface area contributed by atoms with E-state index in [2.05, 4.69) is 78.2 Å². The summed E-state index contributed by atoms with van der Waals surface area (Å²) < 4.78 is 8.38. The lowest BCUT2D eigenvalue weighted by atomic mass is 9.60. The van der Waals surface area contributed by atoms with Crippen molar-refractivity contribution in [1.82, 2.24) is 9.55 Å². The molecule has 3 N–H and O–H groups in total. The van der Waals surface area contributed by atoms with Gasteiger partial charge in [0.15, 0.2) is 6.73 Å². The third-order valence-corrected chi connectivity index (χ3v) is 8.12. The number of para-hydroxylation sites is 1. The third-order valence-electron chi connectivity index (χ3n) is 8.12. The van der Waals surface area contributed by atoms with Gasteiger partial charge in [-0.15, -0.1) is 0 Å². The Hall–Kier alpha value is -3.41. The largest absolute Gasteiger partial charge is 0.472 e. The van der Waals surface area contributed by atoms with Gasteiger partial charge in [0.25, 0.3) is 0 Å². The second-order valence-electron chi connectivity index (χ2n) is 10.6. The SMILES string of the molecule is Cc1cccc2c1OCn1c-2nc(-c2ccc([C@]3(N)C[C@@](O)(C4CC4)C3)cc2)c1-c1ccccc1. The Morgan fingerprint density at radius 3 is 2.40 bits per heavy atom. The average Bonchev–Trinajstić information content (AvgIpc) is 3.64. The molecule has 5 heteroatoms. The number of nitrogens with zero attached hydrogens (tertiary/aromatic N) is 2. The first-order chi connectivity index (χ1) is 17.0. The molecule has 1 aliphatic heterocycles. The number of rotatable bonds is 4. The summed E-state index contributed by atoms with van der Waals surface area (Å²) in [5, 5.41) is 10.8. The molecule has 3 aromatic carbocycles. The first-order valence-electron chi connectivity index (χ1n) is 12.5. The van der Waals surface area contributed by atoms with Crippen LogP contribution in [0.3, 0.4) is 0 Å². The Morgan fingerprint density at radius 2 is 1.69 bits per heavy atom. The van der Waals surface area contributed by atoms with E-state index in [0.29, 0.717) is 25.5 Å². The summed E-state index contributed by atoms with van der Waals surface area (Å²) in [6.45, 7) is 2.50. The highest BCUT2D eigenvalue weighted by molar-refractivity contribution is 5.84. The molecule has 5 nitrogen and oxygen atoms in total. The molecule has 0 atom stereocenters. The van der Waals surface area contributed by atoms with Crippen molar-refractivity contribution in [3.63, 3.8) is 0 Å². The van der Waals surface area contributed by atoms with Crippen molar-refractivity contribution >= 4 is 0 Å². The van der Waals surface area contributed by atoms with Crippen LogP contribution in [0.5, 0.6) is 5.75 Å². The van der Waals surface area contributed by atoms with Gasteiger partial charge in [-0.2, -0.15) is 0 Å². The molecule has 2 aliphatic carbocycles. The predicted molar refractivity (Wildman–Crippen MR) is 137 cm³/mol. The molecular weight excluding hydrogens is 434 g/mol. The smallest absolute Gasteiger partial charge is 0.167 e. The number of ether oxygens (including phenoxy) is 1. The second-order valence-corrected chi connectivity index (χ2v) is 10.6. The lowest BCUT2D eigenvalue weighted by Gasteiger charge is -2.52. The normalized spacial score (nSPS) is 24.8. The summed E-state index contributed by atoms with van der Waals surface area (Å²) in [5.74, 6) is 2.28. The molecule has 0 bridgehead atoms. The van der Waals surface area contributed by atoms with Gasteiger partial charge in [-0.1, -0.05) is 66.7 Å². The maximum atomic E-state index is 10.8. The van der Waals surface area contributed by atoms with E-state index in [1.807, 2.05) is 6.07 Å². The fraction of sp³-hybridized carbons (Fsp3) is 0.300. The van der Waals surface area contributed by atoms with Gasteiger partial charge in [-0.25, -0.2) is 4.98 Å². The van der Waals surface area contributed by atoms with Crippen LogP contribution in [0.1, 0.15) is 36.8 Å². The molecule has 0 amide bonds. The molecule has 2 fully saturated rings. The summed E-state index contributed by atoms with van der Waals surface area (Å²) in [6.07, 6.45) is 3.55. The van der Waals surface area contributed by atoms with Crippen molar-refractivity contribution in [2.75, 3.05) is 0 Å². The van der Waals surface area contributed by atoms with Crippen LogP contribution in [0.2, 0.25) is 0 Å². The van der Waals surface area contributed by atoms with Gasteiger partial charge in [0.1, 0.15) is 11.6 Å². The number of aliphatic hydroxyl groups is 1. The highest BCUT2D eigenvalue weighted by Crippen LogP contribution is 2.57. The lowest BCUT2D eigenvalue weighted by Crippen LogP contribution is -2.60. The van der Waals surface area contributed by atoms with Crippen molar-refractivity contribution < 1.29 is 9.84 Å². The zero-order chi connectivity index (χ0) is 23.8. The molecule has 1 aromatic heterocycles. The number of aromatic nitrogens is 2. The number of nitrogens with two attached hydrogens (primary N) is 1. The van der Waals surface area contributed by atoms with Gasteiger partial charge in [0.2, 0.25) is 0 Å². The number of benzene rings is 3. The first-order valence-corrected chi connectivity index (χ1v) is 12.5. The summed E-state index contributed by atoms with van der Waals surface area (Å²) in [5.41, 5.74) is 13.1. The Morgan fingerprint density at radius 1 is 0.943 bits per heavy atom.